The summed E-state index contributed by atoms with van der Waals surface area (Å²) in [5, 5.41) is 0. The van der Waals surface area contributed by atoms with Gasteiger partial charge in [0, 0.05) is 32.2 Å². The summed E-state index contributed by atoms with van der Waals surface area (Å²) in [5.74, 6) is 0.827. The molecule has 2 atom stereocenters. The Morgan fingerprint density at radius 3 is 2.54 bits per heavy atom. The number of anilines is 1. The van der Waals surface area contributed by atoms with E-state index in [4.69, 9.17) is 9.47 Å². The zero-order valence-electron chi connectivity index (χ0n) is 15.3. The van der Waals surface area contributed by atoms with Crippen molar-refractivity contribution in [2.75, 3.05) is 25.7 Å². The molecule has 26 heavy (non-hydrogen) atoms. The Kier molecular flexibility index (Phi) is 5.42. The lowest BCUT2D eigenvalue weighted by atomic mass is 9.98. The second-order valence-electron chi connectivity index (χ2n) is 6.58. The maximum atomic E-state index is 12.8. The van der Waals surface area contributed by atoms with E-state index in [0.29, 0.717) is 25.2 Å². The van der Waals surface area contributed by atoms with Crippen LogP contribution in [-0.4, -0.2) is 37.3 Å². The van der Waals surface area contributed by atoms with E-state index in [1.165, 1.54) is 0 Å². The summed E-state index contributed by atoms with van der Waals surface area (Å²) in [6.45, 7) is 2.86. The van der Waals surface area contributed by atoms with Gasteiger partial charge in [0.15, 0.2) is 0 Å². The highest BCUT2D eigenvalue weighted by atomic mass is 16.5. The smallest absolute Gasteiger partial charge is 0.274 e. The van der Waals surface area contributed by atoms with Crippen LogP contribution >= 0.6 is 0 Å². The number of hydrogen-bond donors (Lipinski definition) is 0. The largest absolute Gasteiger partial charge is 0.497 e. The van der Waals surface area contributed by atoms with Crippen LogP contribution in [0.3, 0.4) is 0 Å². The Labute approximate surface area is 153 Å². The van der Waals surface area contributed by atoms with Crippen molar-refractivity contribution >= 4 is 11.6 Å². The van der Waals surface area contributed by atoms with Gasteiger partial charge in [-0.25, -0.2) is 0 Å². The van der Waals surface area contributed by atoms with Crippen LogP contribution in [0, 0.1) is 0 Å². The average Bonchev–Trinajstić information content (AvgIpc) is 3.05. The van der Waals surface area contributed by atoms with Crippen LogP contribution in [0.1, 0.15) is 24.8 Å². The molecule has 1 unspecified atom stereocenters. The van der Waals surface area contributed by atoms with Crippen LogP contribution in [0.25, 0.3) is 0 Å². The maximum Gasteiger partial charge on any atom is 0.274 e. The molecule has 0 bridgehead atoms. The van der Waals surface area contributed by atoms with Gasteiger partial charge in [-0.05, 0) is 36.8 Å². The Hall–Kier alpha value is -2.60. The van der Waals surface area contributed by atoms with Crippen molar-refractivity contribution in [2.45, 2.75) is 31.9 Å². The fourth-order valence-electron chi connectivity index (χ4n) is 3.26. The van der Waals surface area contributed by atoms with E-state index in [-0.39, 0.29) is 23.5 Å². The molecular weight excluding hydrogens is 332 g/mol. The summed E-state index contributed by atoms with van der Waals surface area (Å²) >= 11 is 0. The summed E-state index contributed by atoms with van der Waals surface area (Å²) in [5.41, 5.74) is 1.34. The van der Waals surface area contributed by atoms with Gasteiger partial charge in [0.25, 0.3) is 5.56 Å². The highest BCUT2D eigenvalue weighted by Gasteiger charge is 2.33. The summed E-state index contributed by atoms with van der Waals surface area (Å²) in [7, 11) is 3.24. The number of rotatable bonds is 6. The normalized spacial score (nSPS) is 18.2. The zero-order valence-corrected chi connectivity index (χ0v) is 15.3. The second-order valence-corrected chi connectivity index (χ2v) is 6.58. The van der Waals surface area contributed by atoms with Gasteiger partial charge in [0.05, 0.1) is 19.8 Å². The molecule has 1 saturated heterocycles. The molecule has 1 fully saturated rings. The molecule has 0 radical (unpaired) electrons. The van der Waals surface area contributed by atoms with Gasteiger partial charge < -0.3 is 18.9 Å². The lowest BCUT2D eigenvalue weighted by molar-refractivity contribution is -0.117. The number of carbonyl (C=O) groups excluding carboxylic acids is 1. The number of carbonyl (C=O) groups is 1. The quantitative estimate of drug-likeness (QED) is 0.797. The van der Waals surface area contributed by atoms with E-state index in [0.717, 1.165) is 11.3 Å². The van der Waals surface area contributed by atoms with Crippen molar-refractivity contribution in [3.05, 3.63) is 58.5 Å². The Bertz CT molecular complexity index is 828. The summed E-state index contributed by atoms with van der Waals surface area (Å²) in [4.78, 5) is 26.9. The standard InChI is InChI=1S/C20H24N2O4/c1-14(25-2)12-21-10-4-5-18(20(21)24)22-13-16(11-19(22)23)15-6-8-17(26-3)9-7-15/h4-10,14,16H,11-13H2,1-3H3/t14?,16-/m0/s1. The fourth-order valence-corrected chi connectivity index (χ4v) is 3.26. The predicted octanol–water partition coefficient (Wildman–Crippen LogP) is 2.41. The van der Waals surface area contributed by atoms with Crippen molar-refractivity contribution in [1.29, 1.82) is 0 Å². The first kappa shape index (κ1) is 18.2. The molecule has 1 aromatic carbocycles. The summed E-state index contributed by atoms with van der Waals surface area (Å²) in [6.07, 6.45) is 2.04. The van der Waals surface area contributed by atoms with Crippen LogP contribution in [0.5, 0.6) is 5.75 Å². The maximum absolute atomic E-state index is 12.8. The Morgan fingerprint density at radius 1 is 1.15 bits per heavy atom. The van der Waals surface area contributed by atoms with Gasteiger partial charge in [0.1, 0.15) is 11.4 Å². The van der Waals surface area contributed by atoms with E-state index in [1.807, 2.05) is 31.2 Å². The van der Waals surface area contributed by atoms with Gasteiger partial charge >= 0.3 is 0 Å². The third kappa shape index (κ3) is 3.65. The number of ether oxygens (including phenoxy) is 2. The molecule has 0 spiro atoms. The molecule has 0 saturated carbocycles. The highest BCUT2D eigenvalue weighted by Crippen LogP contribution is 2.31. The predicted molar refractivity (Wildman–Crippen MR) is 99.9 cm³/mol. The van der Waals surface area contributed by atoms with Crippen LogP contribution in [0.2, 0.25) is 0 Å². The lowest BCUT2D eigenvalue weighted by Gasteiger charge is -2.19. The number of pyridine rings is 1. The minimum absolute atomic E-state index is 0.0274. The number of amides is 1. The molecule has 138 valence electrons. The number of benzene rings is 1. The second kappa shape index (κ2) is 7.74. The van der Waals surface area contributed by atoms with Crippen molar-refractivity contribution in [2.24, 2.45) is 0 Å². The molecule has 1 amide bonds. The zero-order chi connectivity index (χ0) is 18.7. The minimum atomic E-state index is -0.167. The number of aromatic nitrogens is 1. The van der Waals surface area contributed by atoms with Crippen LogP contribution in [-0.2, 0) is 16.1 Å². The first-order valence-electron chi connectivity index (χ1n) is 8.70. The Morgan fingerprint density at radius 2 is 1.88 bits per heavy atom. The average molecular weight is 356 g/mol. The van der Waals surface area contributed by atoms with Crippen molar-refractivity contribution in [3.63, 3.8) is 0 Å². The Balaban J connectivity index is 1.82. The molecule has 1 aliphatic rings. The molecule has 6 heteroatoms. The topological polar surface area (TPSA) is 60.8 Å². The van der Waals surface area contributed by atoms with Gasteiger partial charge in [-0.15, -0.1) is 0 Å². The molecule has 1 aromatic heterocycles. The first-order valence-corrected chi connectivity index (χ1v) is 8.70. The SMILES string of the molecule is COc1ccc([C@H]2CC(=O)N(c3cccn(CC(C)OC)c3=O)C2)cc1. The molecule has 0 aliphatic carbocycles. The van der Waals surface area contributed by atoms with Gasteiger partial charge in [-0.1, -0.05) is 12.1 Å². The third-order valence-corrected chi connectivity index (χ3v) is 4.86. The third-order valence-electron chi connectivity index (χ3n) is 4.86. The monoisotopic (exact) mass is 356 g/mol. The number of methoxy groups -OCH3 is 2. The van der Waals surface area contributed by atoms with E-state index in [2.05, 4.69) is 0 Å². The van der Waals surface area contributed by atoms with E-state index >= 15 is 0 Å². The number of nitrogens with zero attached hydrogens (tertiary/aromatic N) is 2. The van der Waals surface area contributed by atoms with E-state index in [1.54, 1.807) is 42.0 Å². The van der Waals surface area contributed by atoms with Crippen molar-refractivity contribution < 1.29 is 14.3 Å². The van der Waals surface area contributed by atoms with Gasteiger partial charge in [0.2, 0.25) is 5.91 Å². The molecule has 0 N–H and O–H groups in total. The first-order chi connectivity index (χ1) is 12.5. The lowest BCUT2D eigenvalue weighted by Crippen LogP contribution is -2.34. The van der Waals surface area contributed by atoms with Crippen LogP contribution < -0.4 is 15.2 Å². The van der Waals surface area contributed by atoms with E-state index in [9.17, 15) is 9.59 Å². The molecule has 2 aromatic rings. The van der Waals surface area contributed by atoms with E-state index < -0.39 is 0 Å². The molecular formula is C20H24N2O4. The van der Waals surface area contributed by atoms with Crippen molar-refractivity contribution in [1.82, 2.24) is 4.57 Å². The summed E-state index contributed by atoms with van der Waals surface area (Å²) < 4.78 is 12.0. The molecule has 1 aliphatic heterocycles. The highest BCUT2D eigenvalue weighted by molar-refractivity contribution is 5.96. The van der Waals surface area contributed by atoms with Crippen LogP contribution in [0.4, 0.5) is 5.69 Å². The van der Waals surface area contributed by atoms with Gasteiger partial charge in [-0.2, -0.15) is 0 Å². The van der Waals surface area contributed by atoms with Gasteiger partial charge in [-0.3, -0.25) is 9.59 Å². The summed E-state index contributed by atoms with van der Waals surface area (Å²) in [6, 6.07) is 11.2. The molecule has 6 nitrogen and oxygen atoms in total. The fraction of sp³-hybridized carbons (Fsp3) is 0.400. The van der Waals surface area contributed by atoms with Crippen LogP contribution in [0.15, 0.2) is 47.4 Å². The molecule has 2 heterocycles. The van der Waals surface area contributed by atoms with Crippen molar-refractivity contribution in [3.8, 4) is 5.75 Å². The molecule has 3 rings (SSSR count). The minimum Gasteiger partial charge on any atom is -0.497 e. The number of hydrogen-bond acceptors (Lipinski definition) is 4.